The normalized spacial score (nSPS) is 16.6. The number of methoxy groups -OCH3 is 1. The first-order valence-electron chi connectivity index (χ1n) is 8.16. The molecule has 0 spiro atoms. The van der Waals surface area contributed by atoms with Gasteiger partial charge in [-0.15, -0.1) is 11.3 Å². The van der Waals surface area contributed by atoms with E-state index >= 15 is 0 Å². The second-order valence-corrected chi connectivity index (χ2v) is 7.07. The Morgan fingerprint density at radius 1 is 1.28 bits per heavy atom. The van der Waals surface area contributed by atoms with Crippen LogP contribution in [0.15, 0.2) is 48.1 Å². The molecule has 1 aliphatic rings. The molecule has 6 heteroatoms. The van der Waals surface area contributed by atoms with Gasteiger partial charge in [0.25, 0.3) is 5.91 Å². The lowest BCUT2D eigenvalue weighted by Gasteiger charge is -2.36. The van der Waals surface area contributed by atoms with Gasteiger partial charge in [-0.2, -0.15) is 0 Å². The summed E-state index contributed by atoms with van der Waals surface area (Å²) in [6.07, 6.45) is 3.77. The van der Waals surface area contributed by atoms with Gasteiger partial charge in [0, 0.05) is 18.9 Å². The number of imidazole rings is 1. The molecule has 0 unspecified atom stereocenters. The lowest BCUT2D eigenvalue weighted by molar-refractivity contribution is 0.0589. The lowest BCUT2D eigenvalue weighted by Crippen LogP contribution is -2.41. The van der Waals surface area contributed by atoms with Gasteiger partial charge in [0.15, 0.2) is 0 Å². The average Bonchev–Trinajstić information content (AvgIpc) is 3.28. The molecule has 5 nitrogen and oxygen atoms in total. The molecule has 1 amide bonds. The number of carbonyl (C=O) groups is 1. The van der Waals surface area contributed by atoms with Gasteiger partial charge in [-0.05, 0) is 41.6 Å². The first kappa shape index (κ1) is 15.9. The summed E-state index contributed by atoms with van der Waals surface area (Å²) >= 11 is 1.50. The summed E-state index contributed by atoms with van der Waals surface area (Å²) in [5.74, 6) is 1.81. The fourth-order valence-corrected chi connectivity index (χ4v) is 4.13. The van der Waals surface area contributed by atoms with E-state index in [4.69, 9.17) is 4.74 Å². The van der Waals surface area contributed by atoms with Crippen LogP contribution in [0.2, 0.25) is 0 Å². The summed E-state index contributed by atoms with van der Waals surface area (Å²) in [5.41, 5.74) is 2.13. The Morgan fingerprint density at radius 2 is 2.08 bits per heavy atom. The Morgan fingerprint density at radius 3 is 2.76 bits per heavy atom. The highest BCUT2D eigenvalue weighted by Crippen LogP contribution is 2.32. The zero-order valence-electron chi connectivity index (χ0n) is 14.2. The molecule has 1 atom stereocenters. The van der Waals surface area contributed by atoms with E-state index in [2.05, 4.69) is 9.55 Å². The standard InChI is InChI=1S/C19H19N3O2S/c1-13-7-10-25-18(13)19(23)22-12-17-20-8-9-21(17)11-16(22)14-3-5-15(24-2)6-4-14/h3-10,16H,11-12H2,1-2H3/t16-/m0/s1. The Kier molecular flexibility index (Phi) is 4.05. The van der Waals surface area contributed by atoms with E-state index in [1.807, 2.05) is 53.7 Å². The van der Waals surface area contributed by atoms with Crippen molar-refractivity contribution < 1.29 is 9.53 Å². The van der Waals surface area contributed by atoms with Gasteiger partial charge in [0.1, 0.15) is 11.6 Å². The second kappa shape index (κ2) is 6.37. The van der Waals surface area contributed by atoms with E-state index < -0.39 is 0 Å². The van der Waals surface area contributed by atoms with Crippen LogP contribution < -0.4 is 4.74 Å². The molecule has 0 bridgehead atoms. The van der Waals surface area contributed by atoms with Crippen molar-refractivity contribution in [3.05, 3.63) is 69.9 Å². The van der Waals surface area contributed by atoms with E-state index in [9.17, 15) is 4.79 Å². The van der Waals surface area contributed by atoms with Gasteiger partial charge in [0.2, 0.25) is 0 Å². The zero-order chi connectivity index (χ0) is 17.4. The molecule has 3 aromatic rings. The van der Waals surface area contributed by atoms with Gasteiger partial charge in [0.05, 0.1) is 24.6 Å². The highest BCUT2D eigenvalue weighted by atomic mass is 32.1. The number of hydrogen-bond donors (Lipinski definition) is 0. The Labute approximate surface area is 150 Å². The number of aromatic nitrogens is 2. The van der Waals surface area contributed by atoms with Crippen LogP contribution in [-0.2, 0) is 13.1 Å². The summed E-state index contributed by atoms with van der Waals surface area (Å²) in [4.78, 5) is 20.3. The molecule has 0 saturated heterocycles. The van der Waals surface area contributed by atoms with Crippen LogP contribution in [0.25, 0.3) is 0 Å². The van der Waals surface area contributed by atoms with E-state index in [0.29, 0.717) is 13.1 Å². The number of carbonyl (C=O) groups excluding carboxylic acids is 1. The van der Waals surface area contributed by atoms with Crippen molar-refractivity contribution in [3.63, 3.8) is 0 Å². The van der Waals surface area contributed by atoms with Crippen LogP contribution >= 0.6 is 11.3 Å². The van der Waals surface area contributed by atoms with Crippen molar-refractivity contribution in [1.82, 2.24) is 14.5 Å². The molecule has 0 aliphatic carbocycles. The molecule has 128 valence electrons. The number of fused-ring (bicyclic) bond motifs is 1. The Balaban J connectivity index is 1.73. The summed E-state index contributed by atoms with van der Waals surface area (Å²) < 4.78 is 7.38. The van der Waals surface area contributed by atoms with Crippen LogP contribution in [0.4, 0.5) is 0 Å². The maximum atomic E-state index is 13.2. The van der Waals surface area contributed by atoms with E-state index in [0.717, 1.165) is 27.6 Å². The first-order valence-corrected chi connectivity index (χ1v) is 9.04. The first-order chi connectivity index (χ1) is 12.2. The number of nitrogens with zero attached hydrogens (tertiary/aromatic N) is 3. The van der Waals surface area contributed by atoms with Crippen LogP contribution in [0, 0.1) is 6.92 Å². The maximum absolute atomic E-state index is 13.2. The van der Waals surface area contributed by atoms with Gasteiger partial charge >= 0.3 is 0 Å². The molecule has 0 N–H and O–H groups in total. The van der Waals surface area contributed by atoms with Gasteiger partial charge < -0.3 is 14.2 Å². The van der Waals surface area contributed by atoms with E-state index in [-0.39, 0.29) is 11.9 Å². The second-order valence-electron chi connectivity index (χ2n) is 6.15. The monoisotopic (exact) mass is 353 g/mol. The SMILES string of the molecule is COc1ccc([C@@H]2Cn3ccnc3CN2C(=O)c2sccc2C)cc1. The fraction of sp³-hybridized carbons (Fsp3) is 0.263. The number of benzene rings is 1. The molecule has 2 aromatic heterocycles. The summed E-state index contributed by atoms with van der Waals surface area (Å²) in [6.45, 7) is 3.20. The van der Waals surface area contributed by atoms with Crippen LogP contribution in [-0.4, -0.2) is 27.5 Å². The molecule has 1 aliphatic heterocycles. The van der Waals surface area contributed by atoms with Crippen molar-refractivity contribution >= 4 is 17.2 Å². The number of amides is 1. The molecule has 0 radical (unpaired) electrons. The average molecular weight is 353 g/mol. The quantitative estimate of drug-likeness (QED) is 0.722. The fourth-order valence-electron chi connectivity index (χ4n) is 3.25. The lowest BCUT2D eigenvalue weighted by atomic mass is 10.0. The van der Waals surface area contributed by atoms with Crippen molar-refractivity contribution in [1.29, 1.82) is 0 Å². The number of ether oxygens (including phenoxy) is 1. The number of aryl methyl sites for hydroxylation is 1. The van der Waals surface area contributed by atoms with Crippen LogP contribution in [0.5, 0.6) is 5.75 Å². The minimum absolute atomic E-state index is 0.0263. The highest BCUT2D eigenvalue weighted by Gasteiger charge is 2.33. The minimum atomic E-state index is -0.0263. The van der Waals surface area contributed by atoms with Crippen molar-refractivity contribution in [2.75, 3.05) is 7.11 Å². The Bertz CT molecular complexity index is 898. The number of rotatable bonds is 3. The third-order valence-electron chi connectivity index (χ3n) is 4.68. The van der Waals surface area contributed by atoms with Crippen molar-refractivity contribution in [2.24, 2.45) is 0 Å². The maximum Gasteiger partial charge on any atom is 0.265 e. The predicted molar refractivity (Wildman–Crippen MR) is 96.9 cm³/mol. The predicted octanol–water partition coefficient (Wildman–Crippen LogP) is 3.66. The van der Waals surface area contributed by atoms with Crippen molar-refractivity contribution in [2.45, 2.75) is 26.1 Å². The third kappa shape index (κ3) is 2.82. The number of thiophene rings is 1. The zero-order valence-corrected chi connectivity index (χ0v) is 15.0. The Hall–Kier alpha value is -2.60. The summed E-state index contributed by atoms with van der Waals surface area (Å²) in [5, 5.41) is 1.97. The molecular weight excluding hydrogens is 334 g/mol. The molecule has 3 heterocycles. The molecule has 0 saturated carbocycles. The van der Waals surface area contributed by atoms with Gasteiger partial charge in [-0.25, -0.2) is 4.98 Å². The van der Waals surface area contributed by atoms with Crippen LogP contribution in [0.1, 0.15) is 32.7 Å². The largest absolute Gasteiger partial charge is 0.497 e. The summed E-state index contributed by atoms with van der Waals surface area (Å²) in [7, 11) is 1.66. The van der Waals surface area contributed by atoms with Gasteiger partial charge in [-0.3, -0.25) is 4.79 Å². The third-order valence-corrected chi connectivity index (χ3v) is 5.68. The smallest absolute Gasteiger partial charge is 0.265 e. The molecular formula is C19H19N3O2S. The molecule has 1 aromatic carbocycles. The van der Waals surface area contributed by atoms with Gasteiger partial charge in [-0.1, -0.05) is 12.1 Å². The van der Waals surface area contributed by atoms with E-state index in [1.165, 1.54) is 11.3 Å². The molecule has 25 heavy (non-hydrogen) atoms. The van der Waals surface area contributed by atoms with Crippen molar-refractivity contribution in [3.8, 4) is 5.75 Å². The molecule has 0 fully saturated rings. The van der Waals surface area contributed by atoms with Crippen LogP contribution in [0.3, 0.4) is 0 Å². The minimum Gasteiger partial charge on any atom is -0.497 e. The molecule has 4 rings (SSSR count). The topological polar surface area (TPSA) is 47.4 Å². The summed E-state index contributed by atoms with van der Waals surface area (Å²) in [6, 6.07) is 9.92. The number of hydrogen-bond acceptors (Lipinski definition) is 4. The van der Waals surface area contributed by atoms with E-state index in [1.54, 1.807) is 13.3 Å². The highest BCUT2D eigenvalue weighted by molar-refractivity contribution is 7.12.